The number of benzene rings is 1. The summed E-state index contributed by atoms with van der Waals surface area (Å²) in [5.74, 6) is -0.495. The van der Waals surface area contributed by atoms with Crippen molar-refractivity contribution >= 4 is 11.8 Å². The molecule has 1 aliphatic rings. The highest BCUT2D eigenvalue weighted by Gasteiger charge is 2.19. The van der Waals surface area contributed by atoms with Crippen molar-refractivity contribution in [3.8, 4) is 5.75 Å². The van der Waals surface area contributed by atoms with Crippen molar-refractivity contribution in [3.05, 3.63) is 28.8 Å². The largest absolute Gasteiger partial charge is 0.507 e. The van der Waals surface area contributed by atoms with Crippen LogP contribution in [0.4, 0.5) is 0 Å². The Kier molecular flexibility index (Phi) is 4.83. The van der Waals surface area contributed by atoms with Gasteiger partial charge in [-0.15, -0.1) is 0 Å². The van der Waals surface area contributed by atoms with Crippen LogP contribution >= 0.6 is 0 Å². The fourth-order valence-electron chi connectivity index (χ4n) is 2.49. The Morgan fingerprint density at radius 3 is 2.52 bits per heavy atom. The number of carbonyl (C=O) groups excluding carboxylic acids is 2. The van der Waals surface area contributed by atoms with Gasteiger partial charge in [0, 0.05) is 13.1 Å². The molecular weight excluding hydrogens is 268 g/mol. The van der Waals surface area contributed by atoms with E-state index in [-0.39, 0.29) is 23.8 Å². The number of aryl methyl sites for hydroxylation is 1. The van der Waals surface area contributed by atoms with E-state index in [0.717, 1.165) is 37.9 Å². The lowest BCUT2D eigenvalue weighted by atomic mass is 10.0. The molecule has 21 heavy (non-hydrogen) atoms. The van der Waals surface area contributed by atoms with E-state index in [1.807, 2.05) is 6.92 Å². The van der Waals surface area contributed by atoms with Gasteiger partial charge in [0.15, 0.2) is 0 Å². The van der Waals surface area contributed by atoms with Gasteiger partial charge in [0.05, 0.1) is 12.1 Å². The summed E-state index contributed by atoms with van der Waals surface area (Å²) in [5, 5.41) is 12.6. The Labute approximate surface area is 125 Å². The van der Waals surface area contributed by atoms with Crippen LogP contribution in [0.5, 0.6) is 5.75 Å². The number of amides is 2. The molecule has 0 radical (unpaired) electrons. The summed E-state index contributed by atoms with van der Waals surface area (Å²) in [6, 6.07) is 3.37. The topological polar surface area (TPSA) is 69.6 Å². The van der Waals surface area contributed by atoms with E-state index in [0.29, 0.717) is 5.56 Å². The molecule has 1 saturated heterocycles. The second-order valence-electron chi connectivity index (χ2n) is 5.53. The number of piperidine rings is 1. The number of phenolic OH excluding ortho intramolecular Hbond substituents is 1. The number of nitrogens with one attached hydrogen (secondary N) is 1. The van der Waals surface area contributed by atoms with Crippen molar-refractivity contribution in [2.24, 2.45) is 0 Å². The van der Waals surface area contributed by atoms with Gasteiger partial charge in [-0.1, -0.05) is 6.07 Å². The van der Waals surface area contributed by atoms with Crippen molar-refractivity contribution < 1.29 is 14.7 Å². The van der Waals surface area contributed by atoms with Gasteiger partial charge >= 0.3 is 0 Å². The molecule has 0 aliphatic carbocycles. The molecule has 1 aromatic rings. The van der Waals surface area contributed by atoms with Crippen LogP contribution in [0.15, 0.2) is 12.1 Å². The van der Waals surface area contributed by atoms with Crippen LogP contribution in [-0.2, 0) is 4.79 Å². The van der Waals surface area contributed by atoms with Crippen LogP contribution in [0.1, 0.15) is 40.7 Å². The molecule has 2 amide bonds. The molecule has 0 spiro atoms. The van der Waals surface area contributed by atoms with E-state index in [4.69, 9.17) is 0 Å². The fourth-order valence-corrected chi connectivity index (χ4v) is 2.49. The van der Waals surface area contributed by atoms with Gasteiger partial charge in [-0.3, -0.25) is 9.59 Å². The molecule has 2 N–H and O–H groups in total. The summed E-state index contributed by atoms with van der Waals surface area (Å²) in [6.07, 6.45) is 3.21. The minimum atomic E-state index is -0.416. The minimum Gasteiger partial charge on any atom is -0.507 e. The monoisotopic (exact) mass is 290 g/mol. The Morgan fingerprint density at radius 2 is 1.86 bits per heavy atom. The van der Waals surface area contributed by atoms with E-state index in [1.54, 1.807) is 24.0 Å². The van der Waals surface area contributed by atoms with Crippen molar-refractivity contribution in [1.82, 2.24) is 10.2 Å². The summed E-state index contributed by atoms with van der Waals surface area (Å²) in [4.78, 5) is 25.8. The third kappa shape index (κ3) is 3.54. The maximum atomic E-state index is 12.1. The third-order valence-corrected chi connectivity index (χ3v) is 4.06. The van der Waals surface area contributed by atoms with Crippen LogP contribution in [0, 0.1) is 13.8 Å². The molecule has 5 heteroatoms. The molecule has 114 valence electrons. The summed E-state index contributed by atoms with van der Waals surface area (Å²) >= 11 is 0. The van der Waals surface area contributed by atoms with Crippen molar-refractivity contribution in [2.45, 2.75) is 33.1 Å². The summed E-state index contributed by atoms with van der Waals surface area (Å²) in [6.45, 7) is 5.15. The van der Waals surface area contributed by atoms with Gasteiger partial charge < -0.3 is 15.3 Å². The number of rotatable bonds is 3. The molecule has 0 bridgehead atoms. The van der Waals surface area contributed by atoms with Crippen molar-refractivity contribution in [3.63, 3.8) is 0 Å². The van der Waals surface area contributed by atoms with Crippen LogP contribution < -0.4 is 5.32 Å². The maximum Gasteiger partial charge on any atom is 0.255 e. The molecule has 1 fully saturated rings. The molecule has 0 saturated carbocycles. The lowest BCUT2D eigenvalue weighted by molar-refractivity contribution is -0.130. The lowest BCUT2D eigenvalue weighted by Crippen LogP contribution is -2.42. The Morgan fingerprint density at radius 1 is 1.19 bits per heavy atom. The van der Waals surface area contributed by atoms with Gasteiger partial charge in [-0.25, -0.2) is 0 Å². The summed E-state index contributed by atoms with van der Waals surface area (Å²) < 4.78 is 0. The maximum absolute atomic E-state index is 12.1. The van der Waals surface area contributed by atoms with E-state index in [1.165, 1.54) is 0 Å². The molecule has 0 atom stereocenters. The highest BCUT2D eigenvalue weighted by Crippen LogP contribution is 2.24. The minimum absolute atomic E-state index is 0.0158. The number of hydrogen-bond donors (Lipinski definition) is 2. The van der Waals surface area contributed by atoms with Crippen molar-refractivity contribution in [1.29, 1.82) is 0 Å². The molecule has 0 unspecified atom stereocenters. The number of nitrogens with zero attached hydrogens (tertiary/aromatic N) is 1. The van der Waals surface area contributed by atoms with Gasteiger partial charge in [0.2, 0.25) is 5.91 Å². The van der Waals surface area contributed by atoms with Gasteiger partial charge in [0.25, 0.3) is 5.91 Å². The Bertz CT molecular complexity index is 549. The van der Waals surface area contributed by atoms with E-state index >= 15 is 0 Å². The molecule has 0 aromatic heterocycles. The van der Waals surface area contributed by atoms with E-state index in [2.05, 4.69) is 5.32 Å². The molecule has 2 rings (SSSR count). The zero-order valence-electron chi connectivity index (χ0n) is 12.6. The van der Waals surface area contributed by atoms with Crippen molar-refractivity contribution in [2.75, 3.05) is 19.6 Å². The van der Waals surface area contributed by atoms with Gasteiger partial charge in [-0.05, 0) is 50.3 Å². The number of carbonyl (C=O) groups is 2. The van der Waals surface area contributed by atoms with E-state index < -0.39 is 5.91 Å². The number of likely N-dealkylation sites (tertiary alicyclic amines) is 1. The first kappa shape index (κ1) is 15.4. The van der Waals surface area contributed by atoms with Gasteiger partial charge in [-0.2, -0.15) is 0 Å². The number of aromatic hydroxyl groups is 1. The van der Waals surface area contributed by atoms with Crippen LogP contribution in [0.25, 0.3) is 0 Å². The SMILES string of the molecule is Cc1ccc(C(=O)NCC(=O)N2CCCCC2)c(O)c1C. The molecule has 5 nitrogen and oxygen atoms in total. The first-order valence-corrected chi connectivity index (χ1v) is 7.36. The third-order valence-electron chi connectivity index (χ3n) is 4.06. The van der Waals surface area contributed by atoms with Gasteiger partial charge in [0.1, 0.15) is 5.75 Å². The zero-order chi connectivity index (χ0) is 15.4. The first-order valence-electron chi connectivity index (χ1n) is 7.36. The quantitative estimate of drug-likeness (QED) is 0.891. The second kappa shape index (κ2) is 6.61. The average Bonchev–Trinajstić information content (AvgIpc) is 2.51. The highest BCUT2D eigenvalue weighted by molar-refractivity contribution is 5.99. The average molecular weight is 290 g/mol. The highest BCUT2D eigenvalue weighted by atomic mass is 16.3. The Balaban J connectivity index is 1.95. The standard InChI is InChI=1S/C16H22N2O3/c1-11-6-7-13(15(20)12(11)2)16(21)17-10-14(19)18-8-4-3-5-9-18/h6-7,20H,3-5,8-10H2,1-2H3,(H,17,21). The smallest absolute Gasteiger partial charge is 0.255 e. The van der Waals surface area contributed by atoms with Crippen LogP contribution in [0.2, 0.25) is 0 Å². The molecule has 1 heterocycles. The number of phenols is 1. The van der Waals surface area contributed by atoms with E-state index in [9.17, 15) is 14.7 Å². The fraction of sp³-hybridized carbons (Fsp3) is 0.500. The zero-order valence-corrected chi connectivity index (χ0v) is 12.6. The normalized spacial score (nSPS) is 14.9. The Hall–Kier alpha value is -2.04. The predicted octanol–water partition coefficient (Wildman–Crippen LogP) is 1.75. The number of hydrogen-bond acceptors (Lipinski definition) is 3. The molecular formula is C16H22N2O3. The van der Waals surface area contributed by atoms with Crippen LogP contribution in [-0.4, -0.2) is 41.5 Å². The summed E-state index contributed by atoms with van der Waals surface area (Å²) in [5.41, 5.74) is 1.82. The molecule has 1 aromatic carbocycles. The first-order chi connectivity index (χ1) is 10.0. The predicted molar refractivity (Wildman–Crippen MR) is 80.3 cm³/mol. The summed E-state index contributed by atoms with van der Waals surface area (Å²) in [7, 11) is 0. The second-order valence-corrected chi connectivity index (χ2v) is 5.53. The van der Waals surface area contributed by atoms with Crippen LogP contribution in [0.3, 0.4) is 0 Å². The molecule has 1 aliphatic heterocycles. The lowest BCUT2D eigenvalue weighted by Gasteiger charge is -2.26.